The molecule has 1 N–H and O–H groups in total. The van der Waals surface area contributed by atoms with Crippen LogP contribution in [0.15, 0.2) is 54.6 Å². The Morgan fingerprint density at radius 3 is 2.35 bits per heavy atom. The van der Waals surface area contributed by atoms with Gasteiger partial charge in [-0.05, 0) is 31.0 Å². The van der Waals surface area contributed by atoms with Crippen LogP contribution >= 0.6 is 0 Å². The van der Waals surface area contributed by atoms with Crippen LogP contribution in [0.2, 0.25) is 0 Å². The Bertz CT molecular complexity index is 772. The van der Waals surface area contributed by atoms with Gasteiger partial charge in [-0.2, -0.15) is 0 Å². The summed E-state index contributed by atoms with van der Waals surface area (Å²) in [4.78, 5) is 37.1. The summed E-state index contributed by atoms with van der Waals surface area (Å²) in [6.45, 7) is 3.77. The normalized spacial score (nSPS) is 10.2. The summed E-state index contributed by atoms with van der Waals surface area (Å²) in [7, 11) is 0. The van der Waals surface area contributed by atoms with Crippen molar-refractivity contribution in [2.75, 3.05) is 18.0 Å². The Morgan fingerprint density at radius 2 is 1.69 bits per heavy atom. The molecule has 5 nitrogen and oxygen atoms in total. The first kappa shape index (κ1) is 19.4. The first-order valence-electron chi connectivity index (χ1n) is 8.67. The van der Waals surface area contributed by atoms with Crippen LogP contribution < -0.4 is 10.2 Å². The zero-order valence-electron chi connectivity index (χ0n) is 15.2. The summed E-state index contributed by atoms with van der Waals surface area (Å²) in [5.41, 5.74) is 2.34. The van der Waals surface area contributed by atoms with E-state index < -0.39 is 0 Å². The molecule has 0 aliphatic heterocycles. The Labute approximate surface area is 154 Å². The molecule has 0 aromatic heterocycles. The number of Topliss-reactive ketones (excluding diaryl/α,β-unsaturated/α-hetero) is 1. The zero-order valence-corrected chi connectivity index (χ0v) is 15.2. The van der Waals surface area contributed by atoms with Gasteiger partial charge >= 0.3 is 0 Å². The average Bonchev–Trinajstić information content (AvgIpc) is 2.62. The summed E-state index contributed by atoms with van der Waals surface area (Å²) in [5.74, 6) is -0.327. The van der Waals surface area contributed by atoms with Crippen molar-refractivity contribution >= 4 is 23.3 Å². The molecular weight excluding hydrogens is 328 g/mol. The molecule has 0 bridgehead atoms. The number of carbonyl (C=O) groups is 3. The van der Waals surface area contributed by atoms with Gasteiger partial charge in [0.1, 0.15) is 0 Å². The monoisotopic (exact) mass is 352 g/mol. The number of carbonyl (C=O) groups excluding carboxylic acids is 3. The standard InChI is InChI=1S/C21H24N2O3/c1-16(24)19-9-6-10-20(15-19)23(17(2)25)14-12-21(26)22-13-11-18-7-4-3-5-8-18/h3-10,15H,11-14H2,1-2H3,(H,22,26). The van der Waals surface area contributed by atoms with Gasteiger partial charge < -0.3 is 10.2 Å². The predicted molar refractivity (Wildman–Crippen MR) is 102 cm³/mol. The maximum Gasteiger partial charge on any atom is 0.223 e. The molecule has 2 amide bonds. The molecule has 0 saturated carbocycles. The smallest absolute Gasteiger partial charge is 0.223 e. The van der Waals surface area contributed by atoms with E-state index in [0.29, 0.717) is 17.8 Å². The molecule has 0 aliphatic rings. The number of anilines is 1. The third-order valence-corrected chi connectivity index (χ3v) is 4.09. The van der Waals surface area contributed by atoms with E-state index in [2.05, 4.69) is 5.32 Å². The van der Waals surface area contributed by atoms with Crippen molar-refractivity contribution in [3.05, 3.63) is 65.7 Å². The number of ketones is 1. The fourth-order valence-corrected chi connectivity index (χ4v) is 2.65. The van der Waals surface area contributed by atoms with Gasteiger partial charge in [0.2, 0.25) is 11.8 Å². The maximum atomic E-state index is 12.1. The largest absolute Gasteiger partial charge is 0.356 e. The van der Waals surface area contributed by atoms with Crippen molar-refractivity contribution < 1.29 is 14.4 Å². The Kier molecular flexibility index (Phi) is 7.09. The van der Waals surface area contributed by atoms with Gasteiger partial charge in [0.05, 0.1) is 0 Å². The molecule has 0 atom stereocenters. The van der Waals surface area contributed by atoms with E-state index in [9.17, 15) is 14.4 Å². The van der Waals surface area contributed by atoms with Crippen LogP contribution in [0.25, 0.3) is 0 Å². The molecule has 0 unspecified atom stereocenters. The number of benzene rings is 2. The number of nitrogens with one attached hydrogen (secondary N) is 1. The van der Waals surface area contributed by atoms with E-state index in [1.807, 2.05) is 30.3 Å². The highest BCUT2D eigenvalue weighted by Crippen LogP contribution is 2.17. The summed E-state index contributed by atoms with van der Waals surface area (Å²) >= 11 is 0. The Hall–Kier alpha value is -2.95. The summed E-state index contributed by atoms with van der Waals surface area (Å²) in [5, 5.41) is 2.88. The number of hydrogen-bond donors (Lipinski definition) is 1. The van der Waals surface area contributed by atoms with Crippen LogP contribution in [0, 0.1) is 0 Å². The van der Waals surface area contributed by atoms with Crippen LogP contribution in [-0.2, 0) is 16.0 Å². The minimum absolute atomic E-state index is 0.0611. The van der Waals surface area contributed by atoms with Gasteiger partial charge in [-0.1, -0.05) is 42.5 Å². The minimum Gasteiger partial charge on any atom is -0.356 e. The summed E-state index contributed by atoms with van der Waals surface area (Å²) in [6, 6.07) is 16.8. The Balaban J connectivity index is 1.88. The molecule has 0 saturated heterocycles. The first-order chi connectivity index (χ1) is 12.5. The molecule has 2 aromatic rings. The molecule has 26 heavy (non-hydrogen) atoms. The third kappa shape index (κ3) is 5.84. The predicted octanol–water partition coefficient (Wildman–Crippen LogP) is 2.99. The molecule has 2 aromatic carbocycles. The minimum atomic E-state index is -0.164. The third-order valence-electron chi connectivity index (χ3n) is 4.09. The van der Waals surface area contributed by atoms with Crippen LogP contribution in [0.3, 0.4) is 0 Å². The van der Waals surface area contributed by atoms with Crippen molar-refractivity contribution in [3.63, 3.8) is 0 Å². The molecular formula is C21H24N2O3. The number of amides is 2. The highest BCUT2D eigenvalue weighted by molar-refractivity contribution is 5.97. The lowest BCUT2D eigenvalue weighted by Gasteiger charge is -2.21. The Morgan fingerprint density at radius 1 is 0.962 bits per heavy atom. The van der Waals surface area contributed by atoms with Crippen LogP contribution in [0.1, 0.15) is 36.2 Å². The topological polar surface area (TPSA) is 66.5 Å². The van der Waals surface area contributed by atoms with E-state index in [1.165, 1.54) is 24.3 Å². The van der Waals surface area contributed by atoms with Crippen molar-refractivity contribution in [1.29, 1.82) is 0 Å². The van der Waals surface area contributed by atoms with Crippen molar-refractivity contribution in [2.24, 2.45) is 0 Å². The quantitative estimate of drug-likeness (QED) is 0.743. The lowest BCUT2D eigenvalue weighted by molar-refractivity contribution is -0.121. The molecule has 0 radical (unpaired) electrons. The maximum absolute atomic E-state index is 12.1. The fourth-order valence-electron chi connectivity index (χ4n) is 2.65. The molecule has 2 rings (SSSR count). The van der Waals surface area contributed by atoms with E-state index in [4.69, 9.17) is 0 Å². The van der Waals surface area contributed by atoms with Gasteiger partial charge in [0, 0.05) is 37.7 Å². The van der Waals surface area contributed by atoms with Gasteiger partial charge in [0.15, 0.2) is 5.78 Å². The van der Waals surface area contributed by atoms with Crippen LogP contribution in [0.4, 0.5) is 5.69 Å². The highest BCUT2D eigenvalue weighted by Gasteiger charge is 2.14. The summed E-state index contributed by atoms with van der Waals surface area (Å²) < 4.78 is 0. The second kappa shape index (κ2) is 9.51. The van der Waals surface area contributed by atoms with Crippen molar-refractivity contribution in [1.82, 2.24) is 5.32 Å². The molecule has 0 heterocycles. The first-order valence-corrected chi connectivity index (χ1v) is 8.67. The molecule has 5 heteroatoms. The molecule has 0 aliphatic carbocycles. The van der Waals surface area contributed by atoms with E-state index in [1.54, 1.807) is 24.3 Å². The number of hydrogen-bond acceptors (Lipinski definition) is 3. The van der Waals surface area contributed by atoms with Crippen LogP contribution in [0.5, 0.6) is 0 Å². The highest BCUT2D eigenvalue weighted by atomic mass is 16.2. The van der Waals surface area contributed by atoms with E-state index in [-0.39, 0.29) is 30.6 Å². The fraction of sp³-hybridized carbons (Fsp3) is 0.286. The SMILES string of the molecule is CC(=O)c1cccc(N(CCC(=O)NCCc2ccccc2)C(C)=O)c1. The average molecular weight is 352 g/mol. The molecule has 0 fully saturated rings. The second-order valence-electron chi connectivity index (χ2n) is 6.11. The van der Waals surface area contributed by atoms with Gasteiger partial charge in [-0.25, -0.2) is 0 Å². The molecule has 0 spiro atoms. The number of rotatable bonds is 8. The lowest BCUT2D eigenvalue weighted by atomic mass is 10.1. The number of nitrogens with zero attached hydrogens (tertiary/aromatic N) is 1. The van der Waals surface area contributed by atoms with Crippen molar-refractivity contribution in [2.45, 2.75) is 26.7 Å². The van der Waals surface area contributed by atoms with Gasteiger partial charge in [-0.15, -0.1) is 0 Å². The zero-order chi connectivity index (χ0) is 18.9. The van der Waals surface area contributed by atoms with Crippen LogP contribution in [-0.4, -0.2) is 30.7 Å². The van der Waals surface area contributed by atoms with E-state index in [0.717, 1.165) is 6.42 Å². The van der Waals surface area contributed by atoms with E-state index >= 15 is 0 Å². The lowest BCUT2D eigenvalue weighted by Crippen LogP contribution is -2.34. The van der Waals surface area contributed by atoms with Gasteiger partial charge in [-0.3, -0.25) is 14.4 Å². The summed E-state index contributed by atoms with van der Waals surface area (Å²) in [6.07, 6.45) is 0.975. The van der Waals surface area contributed by atoms with Crippen molar-refractivity contribution in [3.8, 4) is 0 Å². The van der Waals surface area contributed by atoms with Gasteiger partial charge in [0.25, 0.3) is 0 Å². The molecule has 136 valence electrons. The second-order valence-corrected chi connectivity index (χ2v) is 6.11.